The van der Waals surface area contributed by atoms with Crippen LogP contribution >= 0.6 is 0 Å². The van der Waals surface area contributed by atoms with Crippen molar-refractivity contribution in [1.29, 1.82) is 0 Å². The van der Waals surface area contributed by atoms with E-state index in [4.69, 9.17) is 9.47 Å². The summed E-state index contributed by atoms with van der Waals surface area (Å²) in [7, 11) is 1.59. The summed E-state index contributed by atoms with van der Waals surface area (Å²) in [6, 6.07) is 10.6. The van der Waals surface area contributed by atoms with Gasteiger partial charge in [-0.2, -0.15) is 0 Å². The largest absolute Gasteiger partial charge is 0.507 e. The summed E-state index contributed by atoms with van der Waals surface area (Å²) >= 11 is 0. The van der Waals surface area contributed by atoms with Crippen LogP contribution in [-0.2, 0) is 6.54 Å². The van der Waals surface area contributed by atoms with Crippen LogP contribution in [0.15, 0.2) is 42.2 Å². The van der Waals surface area contributed by atoms with Crippen molar-refractivity contribution in [3.8, 4) is 17.2 Å². The van der Waals surface area contributed by atoms with E-state index >= 15 is 0 Å². The molecule has 0 bridgehead atoms. The zero-order valence-corrected chi connectivity index (χ0v) is 15.3. The summed E-state index contributed by atoms with van der Waals surface area (Å²) in [6.45, 7) is 6.66. The molecular weight excluding hydrogens is 330 g/mol. The average Bonchev–Trinajstić information content (AvgIpc) is 2.97. The van der Waals surface area contributed by atoms with E-state index < -0.39 is 0 Å². The van der Waals surface area contributed by atoms with Crippen LogP contribution in [0.4, 0.5) is 0 Å². The third-order valence-electron chi connectivity index (χ3n) is 4.77. The van der Waals surface area contributed by atoms with Gasteiger partial charge < -0.3 is 19.5 Å². The molecule has 0 radical (unpaired) electrons. The summed E-state index contributed by atoms with van der Waals surface area (Å²) in [5, 5.41) is 10.3. The maximum atomic E-state index is 12.8. The van der Waals surface area contributed by atoms with Crippen molar-refractivity contribution >= 4 is 11.9 Å². The quantitative estimate of drug-likeness (QED) is 0.783. The van der Waals surface area contributed by atoms with Gasteiger partial charge >= 0.3 is 0 Å². The van der Waals surface area contributed by atoms with Gasteiger partial charge in [-0.05, 0) is 38.1 Å². The van der Waals surface area contributed by atoms with Gasteiger partial charge in [0, 0.05) is 5.56 Å². The SMILES string of the molecule is CC[NH+](CC)Cc1c(O)ccc2c1O/C(=C\c1ccccc1OC)C2=O. The number of nitrogens with one attached hydrogen (secondary N) is 1. The molecule has 2 N–H and O–H groups in total. The van der Waals surface area contributed by atoms with Crippen LogP contribution < -0.4 is 14.4 Å². The van der Waals surface area contributed by atoms with E-state index in [0.717, 1.165) is 18.7 Å². The van der Waals surface area contributed by atoms with Crippen LogP contribution in [-0.4, -0.2) is 31.1 Å². The first-order chi connectivity index (χ1) is 12.6. The molecule has 0 aromatic heterocycles. The lowest BCUT2D eigenvalue weighted by Gasteiger charge is -2.17. The lowest BCUT2D eigenvalue weighted by molar-refractivity contribution is -0.910. The van der Waals surface area contributed by atoms with Gasteiger partial charge in [-0.3, -0.25) is 4.79 Å². The van der Waals surface area contributed by atoms with Gasteiger partial charge in [0.15, 0.2) is 11.5 Å². The molecule has 0 atom stereocenters. The molecule has 0 amide bonds. The predicted molar refractivity (Wildman–Crippen MR) is 99.8 cm³/mol. The fourth-order valence-electron chi connectivity index (χ4n) is 3.14. The van der Waals surface area contributed by atoms with Crippen molar-refractivity contribution in [2.45, 2.75) is 20.4 Å². The fourth-order valence-corrected chi connectivity index (χ4v) is 3.14. The number of benzene rings is 2. The summed E-state index contributed by atoms with van der Waals surface area (Å²) in [5.74, 6) is 1.36. The molecule has 1 heterocycles. The highest BCUT2D eigenvalue weighted by Crippen LogP contribution is 2.39. The second-order valence-electron chi connectivity index (χ2n) is 6.26. The predicted octanol–water partition coefficient (Wildman–Crippen LogP) is 2.44. The van der Waals surface area contributed by atoms with Crippen molar-refractivity contribution in [2.75, 3.05) is 20.2 Å². The van der Waals surface area contributed by atoms with Gasteiger partial charge in [-0.25, -0.2) is 0 Å². The number of Topliss-reactive ketones (excluding diaryl/α,β-unsaturated/α-hetero) is 1. The molecule has 5 nitrogen and oxygen atoms in total. The van der Waals surface area contributed by atoms with Crippen molar-refractivity contribution in [3.05, 3.63) is 58.8 Å². The van der Waals surface area contributed by atoms with E-state index in [9.17, 15) is 9.90 Å². The Hall–Kier alpha value is -2.79. The Balaban J connectivity index is 2.00. The maximum Gasteiger partial charge on any atom is 0.231 e. The van der Waals surface area contributed by atoms with Crippen molar-refractivity contribution < 1.29 is 24.3 Å². The number of phenolic OH excluding ortho intramolecular Hbond substituents is 1. The normalized spacial score (nSPS) is 14.6. The molecule has 2 aromatic rings. The van der Waals surface area contributed by atoms with Gasteiger partial charge in [0.25, 0.3) is 0 Å². The minimum atomic E-state index is -0.179. The fraction of sp³-hybridized carbons (Fsp3) is 0.286. The number of hydrogen-bond donors (Lipinski definition) is 2. The van der Waals surface area contributed by atoms with Crippen LogP contribution in [0.25, 0.3) is 6.08 Å². The molecule has 3 rings (SSSR count). The lowest BCUT2D eigenvalue weighted by Crippen LogP contribution is -3.10. The molecule has 136 valence electrons. The zero-order chi connectivity index (χ0) is 18.7. The van der Waals surface area contributed by atoms with E-state index in [1.807, 2.05) is 24.3 Å². The number of allylic oxidation sites excluding steroid dienone is 1. The van der Waals surface area contributed by atoms with Crippen LogP contribution in [0, 0.1) is 0 Å². The summed E-state index contributed by atoms with van der Waals surface area (Å²) < 4.78 is 11.2. The van der Waals surface area contributed by atoms with Gasteiger partial charge in [0.05, 0.1) is 31.3 Å². The number of fused-ring (bicyclic) bond motifs is 1. The number of ketones is 1. The minimum absolute atomic E-state index is 0.162. The molecule has 0 saturated heterocycles. The summed E-state index contributed by atoms with van der Waals surface area (Å²) in [5.41, 5.74) is 1.94. The molecule has 0 saturated carbocycles. The third-order valence-corrected chi connectivity index (χ3v) is 4.77. The molecule has 1 aliphatic heterocycles. The van der Waals surface area contributed by atoms with Crippen molar-refractivity contribution in [1.82, 2.24) is 0 Å². The number of ether oxygens (including phenoxy) is 2. The molecule has 0 aliphatic carbocycles. The van der Waals surface area contributed by atoms with E-state index in [1.165, 1.54) is 4.90 Å². The first kappa shape index (κ1) is 18.0. The molecule has 1 aliphatic rings. The molecule has 5 heteroatoms. The number of quaternary nitrogens is 1. The van der Waals surface area contributed by atoms with E-state index in [0.29, 0.717) is 29.2 Å². The Labute approximate surface area is 153 Å². The first-order valence-corrected chi connectivity index (χ1v) is 8.84. The average molecular weight is 354 g/mol. The number of para-hydroxylation sites is 1. The number of carbonyl (C=O) groups is 1. The number of hydrogen-bond acceptors (Lipinski definition) is 4. The Morgan fingerprint density at radius 1 is 1.15 bits per heavy atom. The summed E-state index contributed by atoms with van der Waals surface area (Å²) in [6.07, 6.45) is 1.69. The van der Waals surface area contributed by atoms with Crippen LogP contribution in [0.2, 0.25) is 0 Å². The van der Waals surface area contributed by atoms with Crippen LogP contribution in [0.3, 0.4) is 0 Å². The highest BCUT2D eigenvalue weighted by atomic mass is 16.5. The van der Waals surface area contributed by atoms with Crippen molar-refractivity contribution in [3.63, 3.8) is 0 Å². The molecule has 0 spiro atoms. The van der Waals surface area contributed by atoms with Gasteiger partial charge in [0.1, 0.15) is 18.0 Å². The highest BCUT2D eigenvalue weighted by Gasteiger charge is 2.32. The monoisotopic (exact) mass is 354 g/mol. The topological polar surface area (TPSA) is 60.2 Å². The van der Waals surface area contributed by atoms with Crippen LogP contribution in [0.1, 0.15) is 35.3 Å². The highest BCUT2D eigenvalue weighted by molar-refractivity contribution is 6.15. The molecule has 2 aromatic carbocycles. The standard InChI is InChI=1S/C21H23NO4/c1-4-22(5-2)13-16-17(23)11-10-15-20(24)19(26-21(15)16)12-14-8-6-7-9-18(14)25-3/h6-12,23H,4-5,13H2,1-3H3/p+1/b19-12-. The Morgan fingerprint density at radius 2 is 1.88 bits per heavy atom. The van der Waals surface area contributed by atoms with Gasteiger partial charge in [-0.15, -0.1) is 0 Å². The van der Waals surface area contributed by atoms with E-state index in [-0.39, 0.29) is 17.3 Å². The molecule has 26 heavy (non-hydrogen) atoms. The number of aromatic hydroxyl groups is 1. The second kappa shape index (κ2) is 7.62. The van der Waals surface area contributed by atoms with Crippen LogP contribution in [0.5, 0.6) is 17.2 Å². The van der Waals surface area contributed by atoms with Gasteiger partial charge in [-0.1, -0.05) is 18.2 Å². The molecule has 0 unspecified atom stereocenters. The van der Waals surface area contributed by atoms with E-state index in [2.05, 4.69) is 13.8 Å². The number of carbonyl (C=O) groups excluding carboxylic acids is 1. The third kappa shape index (κ3) is 3.30. The van der Waals surface area contributed by atoms with Crippen molar-refractivity contribution in [2.24, 2.45) is 0 Å². The summed E-state index contributed by atoms with van der Waals surface area (Å²) in [4.78, 5) is 14.1. The Kier molecular flexibility index (Phi) is 5.28. The number of rotatable bonds is 6. The van der Waals surface area contributed by atoms with E-state index in [1.54, 1.807) is 25.3 Å². The van der Waals surface area contributed by atoms with Gasteiger partial charge in [0.2, 0.25) is 5.78 Å². The smallest absolute Gasteiger partial charge is 0.231 e. The Bertz CT molecular complexity index is 853. The lowest BCUT2D eigenvalue weighted by atomic mass is 10.0. The number of phenols is 1. The zero-order valence-electron chi connectivity index (χ0n) is 15.3. The number of methoxy groups -OCH3 is 1. The molecular formula is C21H24NO4+. The maximum absolute atomic E-state index is 12.8. The minimum Gasteiger partial charge on any atom is -0.507 e. The second-order valence-corrected chi connectivity index (χ2v) is 6.26. The molecule has 0 fully saturated rings. The Morgan fingerprint density at radius 3 is 2.58 bits per heavy atom. The first-order valence-electron chi connectivity index (χ1n) is 8.84.